The van der Waals surface area contributed by atoms with Crippen molar-refractivity contribution in [3.05, 3.63) is 17.5 Å². The van der Waals surface area contributed by atoms with Crippen LogP contribution >= 0.6 is 0 Å². The van der Waals surface area contributed by atoms with Gasteiger partial charge in [0.1, 0.15) is 0 Å². The van der Waals surface area contributed by atoms with Crippen LogP contribution in [0.1, 0.15) is 24.1 Å². The lowest BCUT2D eigenvalue weighted by Gasteiger charge is -2.31. The van der Waals surface area contributed by atoms with Crippen LogP contribution in [0, 0.1) is 6.92 Å². The molecule has 1 aliphatic heterocycles. The molecule has 2 heterocycles. The van der Waals surface area contributed by atoms with Crippen LogP contribution in [0.4, 0.5) is 0 Å². The first-order valence-electron chi connectivity index (χ1n) is 6.15. The molecule has 3 N–H and O–H groups in total. The van der Waals surface area contributed by atoms with E-state index in [2.05, 4.69) is 10.4 Å². The third-order valence-corrected chi connectivity index (χ3v) is 3.61. The number of carbonyl (C=O) groups excluding carboxylic acids is 1. The summed E-state index contributed by atoms with van der Waals surface area (Å²) in [6.45, 7) is 3.55. The Balaban J connectivity index is 1.93. The molecule has 2 rings (SSSR count). The number of nitrogens with two attached hydrogens (primary N) is 1. The Morgan fingerprint density at radius 2 is 2.28 bits per heavy atom. The topological polar surface area (TPSA) is 82.2 Å². The summed E-state index contributed by atoms with van der Waals surface area (Å²) >= 11 is 0. The van der Waals surface area contributed by atoms with E-state index in [1.54, 1.807) is 10.9 Å². The van der Waals surface area contributed by atoms with E-state index in [4.69, 9.17) is 10.5 Å². The maximum absolute atomic E-state index is 12.1. The first-order chi connectivity index (χ1) is 8.53. The van der Waals surface area contributed by atoms with Gasteiger partial charge in [0.05, 0.1) is 11.7 Å². The van der Waals surface area contributed by atoms with Crippen LogP contribution in [0.3, 0.4) is 0 Å². The number of amides is 1. The van der Waals surface area contributed by atoms with E-state index < -0.39 is 5.54 Å². The number of hydrogen-bond donors (Lipinski definition) is 2. The summed E-state index contributed by atoms with van der Waals surface area (Å²) in [5.41, 5.74) is 7.38. The van der Waals surface area contributed by atoms with Crippen LogP contribution in [0.5, 0.6) is 0 Å². The summed E-state index contributed by atoms with van der Waals surface area (Å²) in [5, 5.41) is 7.03. The van der Waals surface area contributed by atoms with E-state index in [0.29, 0.717) is 32.6 Å². The second kappa shape index (κ2) is 5.07. The highest BCUT2D eigenvalue weighted by Crippen LogP contribution is 2.18. The minimum absolute atomic E-state index is 0.103. The Hall–Kier alpha value is -1.40. The first kappa shape index (κ1) is 13.0. The van der Waals surface area contributed by atoms with Gasteiger partial charge in [-0.2, -0.15) is 5.10 Å². The molecular weight excluding hydrogens is 232 g/mol. The van der Waals surface area contributed by atoms with Gasteiger partial charge in [-0.1, -0.05) is 0 Å². The zero-order valence-electron chi connectivity index (χ0n) is 10.9. The number of carbonyl (C=O) groups is 1. The van der Waals surface area contributed by atoms with Crippen LogP contribution in [0.25, 0.3) is 0 Å². The summed E-state index contributed by atoms with van der Waals surface area (Å²) in [6, 6.07) is 0. The van der Waals surface area contributed by atoms with E-state index in [1.165, 1.54) is 0 Å². The Bertz CT molecular complexity index is 435. The molecule has 0 bridgehead atoms. The van der Waals surface area contributed by atoms with Gasteiger partial charge in [0.25, 0.3) is 0 Å². The van der Waals surface area contributed by atoms with Gasteiger partial charge in [-0.15, -0.1) is 0 Å². The van der Waals surface area contributed by atoms with Crippen molar-refractivity contribution in [2.75, 3.05) is 13.2 Å². The molecule has 0 aromatic carbocycles. The van der Waals surface area contributed by atoms with Crippen molar-refractivity contribution in [3.63, 3.8) is 0 Å². The maximum atomic E-state index is 12.1. The highest BCUT2D eigenvalue weighted by molar-refractivity contribution is 5.86. The SMILES string of the molecule is Cc1c(CNC(=O)C2(N)CCOCC2)cnn1C. The number of nitrogens with one attached hydrogen (secondary N) is 1. The van der Waals surface area contributed by atoms with E-state index in [9.17, 15) is 4.79 Å². The van der Waals surface area contributed by atoms with Gasteiger partial charge in [0.2, 0.25) is 5.91 Å². The zero-order chi connectivity index (χ0) is 13.2. The average molecular weight is 252 g/mol. The third kappa shape index (κ3) is 2.54. The molecule has 18 heavy (non-hydrogen) atoms. The van der Waals surface area contributed by atoms with Crippen LogP contribution in [0.15, 0.2) is 6.20 Å². The Morgan fingerprint density at radius 3 is 2.83 bits per heavy atom. The summed E-state index contributed by atoms with van der Waals surface area (Å²) in [4.78, 5) is 12.1. The fourth-order valence-corrected chi connectivity index (χ4v) is 2.03. The van der Waals surface area contributed by atoms with Gasteiger partial charge in [0.15, 0.2) is 0 Å². The smallest absolute Gasteiger partial charge is 0.240 e. The highest BCUT2D eigenvalue weighted by Gasteiger charge is 2.35. The second-order valence-corrected chi connectivity index (χ2v) is 4.83. The van der Waals surface area contributed by atoms with Gasteiger partial charge in [0, 0.05) is 38.1 Å². The molecule has 1 aromatic heterocycles. The predicted molar refractivity (Wildman–Crippen MR) is 66.8 cm³/mol. The molecule has 1 amide bonds. The molecule has 0 saturated carbocycles. The Kier molecular flexibility index (Phi) is 3.68. The van der Waals surface area contributed by atoms with Gasteiger partial charge in [-0.25, -0.2) is 0 Å². The van der Waals surface area contributed by atoms with E-state index in [-0.39, 0.29) is 5.91 Å². The molecule has 0 unspecified atom stereocenters. The Labute approximate surface area is 106 Å². The molecule has 1 fully saturated rings. The summed E-state index contributed by atoms with van der Waals surface area (Å²) in [5.74, 6) is -0.103. The van der Waals surface area contributed by atoms with Crippen molar-refractivity contribution < 1.29 is 9.53 Å². The first-order valence-corrected chi connectivity index (χ1v) is 6.15. The number of nitrogens with zero attached hydrogens (tertiary/aromatic N) is 2. The van der Waals surface area contributed by atoms with Crippen molar-refractivity contribution in [2.45, 2.75) is 31.8 Å². The molecule has 0 atom stereocenters. The fourth-order valence-electron chi connectivity index (χ4n) is 2.03. The summed E-state index contributed by atoms with van der Waals surface area (Å²) < 4.78 is 7.01. The van der Waals surface area contributed by atoms with Gasteiger partial charge in [-0.3, -0.25) is 9.48 Å². The number of hydrogen-bond acceptors (Lipinski definition) is 4. The summed E-state index contributed by atoms with van der Waals surface area (Å²) in [6.07, 6.45) is 2.92. The van der Waals surface area contributed by atoms with Gasteiger partial charge < -0.3 is 15.8 Å². The van der Waals surface area contributed by atoms with Crippen LogP contribution in [-0.4, -0.2) is 34.4 Å². The standard InChI is InChI=1S/C12H20N4O2/c1-9-10(8-15-16(9)2)7-14-11(17)12(13)3-5-18-6-4-12/h8H,3-7,13H2,1-2H3,(H,14,17). The molecule has 0 aliphatic carbocycles. The highest BCUT2D eigenvalue weighted by atomic mass is 16.5. The molecule has 1 aromatic rings. The number of rotatable bonds is 3. The van der Waals surface area contributed by atoms with E-state index in [1.807, 2.05) is 14.0 Å². The molecule has 1 aliphatic rings. The number of ether oxygens (including phenoxy) is 1. The Morgan fingerprint density at radius 1 is 1.61 bits per heavy atom. The van der Waals surface area contributed by atoms with E-state index >= 15 is 0 Å². The molecule has 100 valence electrons. The minimum Gasteiger partial charge on any atom is -0.381 e. The van der Waals surface area contributed by atoms with Crippen molar-refractivity contribution in [3.8, 4) is 0 Å². The van der Waals surface area contributed by atoms with Crippen LogP contribution < -0.4 is 11.1 Å². The predicted octanol–water partition coefficient (Wildman–Crippen LogP) is -0.147. The van der Waals surface area contributed by atoms with Crippen molar-refractivity contribution in [2.24, 2.45) is 12.8 Å². The number of aryl methyl sites for hydroxylation is 1. The normalized spacial score (nSPS) is 18.6. The monoisotopic (exact) mass is 252 g/mol. The lowest BCUT2D eigenvalue weighted by atomic mass is 9.90. The largest absolute Gasteiger partial charge is 0.381 e. The second-order valence-electron chi connectivity index (χ2n) is 4.83. The molecule has 1 saturated heterocycles. The third-order valence-electron chi connectivity index (χ3n) is 3.61. The zero-order valence-corrected chi connectivity index (χ0v) is 10.9. The number of aromatic nitrogens is 2. The molecular formula is C12H20N4O2. The summed E-state index contributed by atoms with van der Waals surface area (Å²) in [7, 11) is 1.88. The maximum Gasteiger partial charge on any atom is 0.240 e. The van der Waals surface area contributed by atoms with Crippen molar-refractivity contribution in [1.29, 1.82) is 0 Å². The molecule has 0 spiro atoms. The van der Waals surface area contributed by atoms with Crippen molar-refractivity contribution in [1.82, 2.24) is 15.1 Å². The fraction of sp³-hybridized carbons (Fsp3) is 0.667. The molecule has 6 nitrogen and oxygen atoms in total. The quantitative estimate of drug-likeness (QED) is 0.784. The molecule has 6 heteroatoms. The minimum atomic E-state index is -0.783. The lowest BCUT2D eigenvalue weighted by molar-refractivity contribution is -0.129. The van der Waals surface area contributed by atoms with E-state index in [0.717, 1.165) is 11.3 Å². The molecule has 0 radical (unpaired) electrons. The lowest BCUT2D eigenvalue weighted by Crippen LogP contribution is -2.56. The van der Waals surface area contributed by atoms with Crippen molar-refractivity contribution >= 4 is 5.91 Å². The van der Waals surface area contributed by atoms with Gasteiger partial charge >= 0.3 is 0 Å². The van der Waals surface area contributed by atoms with Crippen LogP contribution in [0.2, 0.25) is 0 Å². The van der Waals surface area contributed by atoms with Gasteiger partial charge in [-0.05, 0) is 19.8 Å². The van der Waals surface area contributed by atoms with Crippen LogP contribution in [-0.2, 0) is 23.1 Å². The average Bonchev–Trinajstić information content (AvgIpc) is 2.68.